The summed E-state index contributed by atoms with van der Waals surface area (Å²) in [6.45, 7) is 5.05. The minimum Gasteiger partial charge on any atom is -0.491 e. The SMILES string of the molecule is COC(C)OC(=O)C1=C(C)NC(C)=C(C(=O)OCCc2ccc(OCCO)cc2)C1c1cccc([N+](=O)[O-])c1. The highest BCUT2D eigenvalue weighted by molar-refractivity contribution is 6.00. The molecule has 0 amide bonds. The summed E-state index contributed by atoms with van der Waals surface area (Å²) in [5, 5.41) is 23.4. The number of nitrogens with one attached hydrogen (secondary N) is 1. The predicted molar refractivity (Wildman–Crippen MR) is 141 cm³/mol. The Morgan fingerprint density at radius 3 is 2.33 bits per heavy atom. The zero-order valence-electron chi connectivity index (χ0n) is 22.3. The van der Waals surface area contributed by atoms with E-state index in [4.69, 9.17) is 24.1 Å². The van der Waals surface area contributed by atoms with Crippen molar-refractivity contribution in [3.8, 4) is 5.75 Å². The number of hydrogen-bond acceptors (Lipinski definition) is 10. The van der Waals surface area contributed by atoms with Crippen LogP contribution >= 0.6 is 0 Å². The number of benzene rings is 2. The second-order valence-corrected chi connectivity index (χ2v) is 8.80. The summed E-state index contributed by atoms with van der Waals surface area (Å²) in [4.78, 5) is 37.6. The van der Waals surface area contributed by atoms with Crippen molar-refractivity contribution in [1.82, 2.24) is 5.32 Å². The monoisotopic (exact) mass is 540 g/mol. The van der Waals surface area contributed by atoms with E-state index in [-0.39, 0.29) is 36.7 Å². The molecular formula is C28H32N2O9. The van der Waals surface area contributed by atoms with Gasteiger partial charge in [-0.1, -0.05) is 24.3 Å². The van der Waals surface area contributed by atoms with Gasteiger partial charge in [-0.05, 0) is 44.0 Å². The molecule has 0 bridgehead atoms. The van der Waals surface area contributed by atoms with Crippen molar-refractivity contribution in [1.29, 1.82) is 0 Å². The Kier molecular flexibility index (Phi) is 10.2. The molecule has 0 aliphatic carbocycles. The van der Waals surface area contributed by atoms with E-state index < -0.39 is 29.1 Å². The number of non-ortho nitro benzene ring substituents is 1. The molecule has 2 atom stereocenters. The summed E-state index contributed by atoms with van der Waals surface area (Å²) in [5.41, 5.74) is 2.25. The lowest BCUT2D eigenvalue weighted by molar-refractivity contribution is -0.384. The number of nitro groups is 1. The van der Waals surface area contributed by atoms with E-state index in [2.05, 4.69) is 5.32 Å². The molecule has 2 aromatic carbocycles. The maximum atomic E-state index is 13.4. The second-order valence-electron chi connectivity index (χ2n) is 8.80. The van der Waals surface area contributed by atoms with Gasteiger partial charge in [-0.25, -0.2) is 9.59 Å². The lowest BCUT2D eigenvalue weighted by Crippen LogP contribution is -2.33. The van der Waals surface area contributed by atoms with E-state index in [0.29, 0.717) is 29.1 Å². The molecule has 0 fully saturated rings. The molecule has 2 unspecified atom stereocenters. The number of allylic oxidation sites excluding steroid dienone is 2. The van der Waals surface area contributed by atoms with Crippen molar-refractivity contribution in [3.05, 3.63) is 92.3 Å². The highest BCUT2D eigenvalue weighted by Crippen LogP contribution is 2.40. The van der Waals surface area contributed by atoms with Crippen LogP contribution in [0.5, 0.6) is 5.75 Å². The zero-order valence-corrected chi connectivity index (χ0v) is 22.3. The fourth-order valence-corrected chi connectivity index (χ4v) is 4.20. The van der Waals surface area contributed by atoms with E-state index in [1.54, 1.807) is 39.0 Å². The molecule has 11 heteroatoms. The van der Waals surface area contributed by atoms with Gasteiger partial charge in [0.1, 0.15) is 12.4 Å². The molecule has 0 aromatic heterocycles. The van der Waals surface area contributed by atoms with Crippen LogP contribution in [0, 0.1) is 10.1 Å². The largest absolute Gasteiger partial charge is 0.491 e. The summed E-state index contributed by atoms with van der Waals surface area (Å²) in [6, 6.07) is 13.0. The number of carbonyl (C=O) groups excluding carboxylic acids is 2. The van der Waals surface area contributed by atoms with E-state index in [1.807, 2.05) is 12.1 Å². The van der Waals surface area contributed by atoms with Crippen molar-refractivity contribution in [2.75, 3.05) is 26.9 Å². The predicted octanol–water partition coefficient (Wildman–Crippen LogP) is 3.52. The normalized spacial score (nSPS) is 15.9. The van der Waals surface area contributed by atoms with Crippen LogP contribution in [0.15, 0.2) is 71.1 Å². The van der Waals surface area contributed by atoms with E-state index in [0.717, 1.165) is 5.56 Å². The highest BCUT2D eigenvalue weighted by atomic mass is 16.7. The van der Waals surface area contributed by atoms with Gasteiger partial charge in [0.2, 0.25) is 0 Å². The molecule has 0 radical (unpaired) electrons. The van der Waals surface area contributed by atoms with Gasteiger partial charge in [-0.2, -0.15) is 0 Å². The first-order chi connectivity index (χ1) is 18.7. The molecule has 2 aromatic rings. The van der Waals surface area contributed by atoms with Gasteiger partial charge in [0.05, 0.1) is 35.2 Å². The fourth-order valence-electron chi connectivity index (χ4n) is 4.20. The number of nitrogens with zero attached hydrogens (tertiary/aromatic N) is 1. The van der Waals surface area contributed by atoms with Crippen LogP contribution in [0.2, 0.25) is 0 Å². The Morgan fingerprint density at radius 1 is 1.05 bits per heavy atom. The van der Waals surface area contributed by atoms with Crippen molar-refractivity contribution in [2.45, 2.75) is 39.4 Å². The molecule has 0 saturated carbocycles. The number of dihydropyridines is 1. The standard InChI is InChI=1S/C28H32N2O9/c1-17-24(27(32)38-14-12-20-8-10-23(11-9-20)37-15-13-31)26(21-6-5-7-22(16-21)30(34)35)25(18(2)29-17)28(33)39-19(3)36-4/h5-11,16,19,26,29,31H,12-15H2,1-4H3. The number of aliphatic hydroxyl groups is 1. The van der Waals surface area contributed by atoms with E-state index in [1.165, 1.54) is 25.3 Å². The van der Waals surface area contributed by atoms with E-state index in [9.17, 15) is 19.7 Å². The average Bonchev–Trinajstić information content (AvgIpc) is 2.91. The molecule has 1 aliphatic rings. The maximum absolute atomic E-state index is 13.4. The van der Waals surface area contributed by atoms with Gasteiger partial charge in [0.15, 0.2) is 6.29 Å². The minimum atomic E-state index is -0.974. The Morgan fingerprint density at radius 2 is 1.72 bits per heavy atom. The first-order valence-electron chi connectivity index (χ1n) is 12.3. The van der Waals surface area contributed by atoms with Crippen LogP contribution < -0.4 is 10.1 Å². The van der Waals surface area contributed by atoms with Crippen molar-refractivity contribution in [3.63, 3.8) is 0 Å². The minimum absolute atomic E-state index is 0.0529. The molecule has 1 aliphatic heterocycles. The smallest absolute Gasteiger partial charge is 0.339 e. The molecule has 0 saturated heterocycles. The molecule has 11 nitrogen and oxygen atoms in total. The third-order valence-corrected chi connectivity index (χ3v) is 6.13. The Labute approximate surface area is 226 Å². The number of esters is 2. The third kappa shape index (κ3) is 7.43. The van der Waals surface area contributed by atoms with Crippen LogP contribution in [0.25, 0.3) is 0 Å². The van der Waals surface area contributed by atoms with E-state index >= 15 is 0 Å². The summed E-state index contributed by atoms with van der Waals surface area (Å²) >= 11 is 0. The van der Waals surface area contributed by atoms with Crippen LogP contribution in [-0.4, -0.2) is 55.2 Å². The number of carbonyl (C=O) groups is 2. The fraction of sp³-hybridized carbons (Fsp3) is 0.357. The number of hydrogen-bond donors (Lipinski definition) is 2. The summed E-state index contributed by atoms with van der Waals surface area (Å²) in [5.74, 6) is -1.76. The number of methoxy groups -OCH3 is 1. The van der Waals surface area contributed by atoms with Gasteiger partial charge in [-0.3, -0.25) is 10.1 Å². The molecule has 39 heavy (non-hydrogen) atoms. The lowest BCUT2D eigenvalue weighted by atomic mass is 9.80. The maximum Gasteiger partial charge on any atom is 0.339 e. The van der Waals surface area contributed by atoms with Gasteiger partial charge in [-0.15, -0.1) is 0 Å². The summed E-state index contributed by atoms with van der Waals surface area (Å²) < 4.78 is 21.4. The molecule has 3 rings (SSSR count). The molecular weight excluding hydrogens is 508 g/mol. The Hall–Kier alpha value is -4.22. The Bertz CT molecular complexity index is 1270. The molecule has 0 spiro atoms. The summed E-state index contributed by atoms with van der Waals surface area (Å²) in [7, 11) is 1.39. The summed E-state index contributed by atoms with van der Waals surface area (Å²) in [6.07, 6.45) is -0.436. The zero-order chi connectivity index (χ0) is 28.5. The highest BCUT2D eigenvalue weighted by Gasteiger charge is 2.39. The topological polar surface area (TPSA) is 146 Å². The quantitative estimate of drug-likeness (QED) is 0.177. The molecule has 2 N–H and O–H groups in total. The van der Waals surface area contributed by atoms with Crippen molar-refractivity contribution < 1.29 is 38.6 Å². The van der Waals surface area contributed by atoms with Crippen LogP contribution in [0.1, 0.15) is 37.8 Å². The third-order valence-electron chi connectivity index (χ3n) is 6.13. The van der Waals surface area contributed by atoms with Gasteiger partial charge in [0, 0.05) is 37.1 Å². The van der Waals surface area contributed by atoms with Gasteiger partial charge in [0.25, 0.3) is 5.69 Å². The number of nitro benzene ring substituents is 1. The lowest BCUT2D eigenvalue weighted by Gasteiger charge is -2.31. The van der Waals surface area contributed by atoms with Gasteiger partial charge >= 0.3 is 11.9 Å². The number of ether oxygens (including phenoxy) is 4. The van der Waals surface area contributed by atoms with Crippen LogP contribution in [-0.2, 0) is 30.2 Å². The first kappa shape index (κ1) is 29.3. The average molecular weight is 541 g/mol. The number of aliphatic hydroxyl groups excluding tert-OH is 1. The van der Waals surface area contributed by atoms with Crippen molar-refractivity contribution >= 4 is 17.6 Å². The molecule has 208 valence electrons. The molecule has 1 heterocycles. The van der Waals surface area contributed by atoms with Crippen LogP contribution in [0.3, 0.4) is 0 Å². The second kappa shape index (κ2) is 13.5. The first-order valence-corrected chi connectivity index (χ1v) is 12.3. The van der Waals surface area contributed by atoms with Crippen LogP contribution in [0.4, 0.5) is 5.69 Å². The van der Waals surface area contributed by atoms with Crippen molar-refractivity contribution in [2.24, 2.45) is 0 Å². The van der Waals surface area contributed by atoms with Gasteiger partial charge < -0.3 is 29.4 Å². The Balaban J connectivity index is 1.88. The number of rotatable bonds is 12.